The predicted molar refractivity (Wildman–Crippen MR) is 101 cm³/mol. The first-order valence-electron chi connectivity index (χ1n) is 8.06. The molecule has 0 saturated carbocycles. The topological polar surface area (TPSA) is 78.5 Å². The zero-order valence-electron chi connectivity index (χ0n) is 14.0. The minimum atomic E-state index is 0.509. The number of aromatic amines is 1. The molecule has 0 spiro atoms. The molecule has 0 atom stereocenters. The summed E-state index contributed by atoms with van der Waals surface area (Å²) in [6.45, 7) is 4.12. The van der Waals surface area contributed by atoms with E-state index in [0.29, 0.717) is 22.9 Å². The molecule has 0 aliphatic carbocycles. The molecule has 6 heteroatoms. The summed E-state index contributed by atoms with van der Waals surface area (Å²) in [5, 5.41) is 6.56. The molecule has 0 unspecified atom stereocenters. The molecular formula is C19H18N6. The molecule has 0 radical (unpaired) electrons. The molecule has 6 nitrogen and oxygen atoms in total. The fourth-order valence-electron chi connectivity index (χ4n) is 2.52. The second-order valence-electron chi connectivity index (χ2n) is 5.98. The van der Waals surface area contributed by atoms with Gasteiger partial charge in [-0.2, -0.15) is 9.97 Å². The van der Waals surface area contributed by atoms with Crippen LogP contribution >= 0.6 is 0 Å². The van der Waals surface area contributed by atoms with Crippen molar-refractivity contribution in [2.24, 2.45) is 0 Å². The number of rotatable bonds is 4. The Bertz CT molecular complexity index is 1000. The molecule has 2 aromatic carbocycles. The smallest absolute Gasteiger partial charge is 0.231 e. The van der Waals surface area contributed by atoms with Gasteiger partial charge in [-0.05, 0) is 38.1 Å². The van der Waals surface area contributed by atoms with E-state index in [2.05, 4.69) is 56.5 Å². The highest BCUT2D eigenvalue weighted by atomic mass is 15.2. The van der Waals surface area contributed by atoms with Gasteiger partial charge < -0.3 is 15.6 Å². The van der Waals surface area contributed by atoms with Gasteiger partial charge in [0.25, 0.3) is 0 Å². The van der Waals surface area contributed by atoms with Gasteiger partial charge in [-0.25, -0.2) is 4.98 Å². The molecule has 0 fully saturated rings. The van der Waals surface area contributed by atoms with Crippen molar-refractivity contribution in [3.63, 3.8) is 0 Å². The van der Waals surface area contributed by atoms with Crippen LogP contribution in [0.3, 0.4) is 0 Å². The monoisotopic (exact) mass is 330 g/mol. The van der Waals surface area contributed by atoms with Gasteiger partial charge in [-0.1, -0.05) is 35.4 Å². The number of aromatic nitrogens is 4. The van der Waals surface area contributed by atoms with Crippen molar-refractivity contribution in [3.8, 4) is 0 Å². The van der Waals surface area contributed by atoms with Crippen molar-refractivity contribution in [1.82, 2.24) is 19.9 Å². The first kappa shape index (κ1) is 15.1. The lowest BCUT2D eigenvalue weighted by Crippen LogP contribution is -2.02. The number of hydrogen-bond acceptors (Lipinski definition) is 5. The molecule has 0 amide bonds. The Morgan fingerprint density at radius 2 is 1.36 bits per heavy atom. The molecule has 0 aliphatic rings. The molecule has 0 aliphatic heterocycles. The van der Waals surface area contributed by atoms with Crippen LogP contribution in [-0.4, -0.2) is 19.9 Å². The van der Waals surface area contributed by atoms with E-state index < -0.39 is 0 Å². The maximum Gasteiger partial charge on any atom is 0.231 e. The highest BCUT2D eigenvalue weighted by Gasteiger charge is 2.11. The van der Waals surface area contributed by atoms with Gasteiger partial charge >= 0.3 is 0 Å². The van der Waals surface area contributed by atoms with Gasteiger partial charge in [-0.3, -0.25) is 0 Å². The highest BCUT2D eigenvalue weighted by molar-refractivity contribution is 5.86. The third-order valence-corrected chi connectivity index (χ3v) is 3.90. The van der Waals surface area contributed by atoms with Crippen LogP contribution in [0.2, 0.25) is 0 Å². The fraction of sp³-hybridized carbons (Fsp3) is 0.105. The maximum absolute atomic E-state index is 4.59. The second-order valence-corrected chi connectivity index (χ2v) is 5.98. The summed E-state index contributed by atoms with van der Waals surface area (Å²) in [5.41, 5.74) is 5.69. The Kier molecular flexibility index (Phi) is 3.78. The van der Waals surface area contributed by atoms with E-state index in [1.54, 1.807) is 6.33 Å². The second kappa shape index (κ2) is 6.24. The Labute approximate surface area is 145 Å². The van der Waals surface area contributed by atoms with Crippen molar-refractivity contribution in [1.29, 1.82) is 0 Å². The van der Waals surface area contributed by atoms with Crippen LogP contribution in [0.1, 0.15) is 11.1 Å². The van der Waals surface area contributed by atoms with Gasteiger partial charge in [0.1, 0.15) is 0 Å². The number of fused-ring (bicyclic) bond motifs is 1. The van der Waals surface area contributed by atoms with Crippen molar-refractivity contribution < 1.29 is 0 Å². The normalized spacial score (nSPS) is 10.8. The number of benzene rings is 2. The van der Waals surface area contributed by atoms with E-state index >= 15 is 0 Å². The average molecular weight is 330 g/mol. The van der Waals surface area contributed by atoms with Crippen molar-refractivity contribution >= 4 is 34.3 Å². The highest BCUT2D eigenvalue weighted by Crippen LogP contribution is 2.24. The van der Waals surface area contributed by atoms with Gasteiger partial charge in [0.15, 0.2) is 17.0 Å². The van der Waals surface area contributed by atoms with Crippen molar-refractivity contribution in [2.45, 2.75) is 13.8 Å². The lowest BCUT2D eigenvalue weighted by Gasteiger charge is -2.10. The number of nitrogens with zero attached hydrogens (tertiary/aromatic N) is 3. The summed E-state index contributed by atoms with van der Waals surface area (Å²) in [5.74, 6) is 1.17. The molecule has 2 heterocycles. The van der Waals surface area contributed by atoms with Crippen LogP contribution in [0, 0.1) is 13.8 Å². The molecule has 0 bridgehead atoms. The fourth-order valence-corrected chi connectivity index (χ4v) is 2.52. The van der Waals surface area contributed by atoms with E-state index in [1.165, 1.54) is 11.1 Å². The lowest BCUT2D eigenvalue weighted by molar-refractivity contribution is 1.19. The molecule has 124 valence electrons. The van der Waals surface area contributed by atoms with E-state index in [9.17, 15) is 0 Å². The lowest BCUT2D eigenvalue weighted by atomic mass is 10.2. The summed E-state index contributed by atoms with van der Waals surface area (Å²) in [6.07, 6.45) is 1.62. The van der Waals surface area contributed by atoms with Crippen molar-refractivity contribution in [2.75, 3.05) is 10.6 Å². The number of imidazole rings is 1. The molecule has 4 aromatic rings. The van der Waals surface area contributed by atoms with Crippen LogP contribution in [-0.2, 0) is 0 Å². The largest absolute Gasteiger partial charge is 0.338 e. The molecular weight excluding hydrogens is 312 g/mol. The van der Waals surface area contributed by atoms with Gasteiger partial charge in [0.05, 0.1) is 6.33 Å². The zero-order valence-corrected chi connectivity index (χ0v) is 14.0. The Morgan fingerprint density at radius 3 is 2.00 bits per heavy atom. The molecule has 3 N–H and O–H groups in total. The minimum absolute atomic E-state index is 0.509. The number of anilines is 4. The van der Waals surface area contributed by atoms with Gasteiger partial charge in [0, 0.05) is 11.4 Å². The minimum Gasteiger partial charge on any atom is -0.338 e. The van der Waals surface area contributed by atoms with E-state index in [1.807, 2.05) is 36.4 Å². The van der Waals surface area contributed by atoms with Crippen molar-refractivity contribution in [3.05, 3.63) is 66.0 Å². The zero-order chi connectivity index (χ0) is 17.2. The summed E-state index contributed by atoms with van der Waals surface area (Å²) in [6, 6.07) is 16.2. The summed E-state index contributed by atoms with van der Waals surface area (Å²) in [7, 11) is 0. The number of hydrogen-bond donors (Lipinski definition) is 3. The van der Waals surface area contributed by atoms with Gasteiger partial charge in [-0.15, -0.1) is 0 Å². The molecule has 25 heavy (non-hydrogen) atoms. The SMILES string of the molecule is Cc1ccc(Nc2nc(Nc3ccc(C)cc3)c3nc[nH]c3n2)cc1. The number of nitrogens with one attached hydrogen (secondary N) is 3. The standard InChI is InChI=1S/C19H18N6/c1-12-3-7-14(8-4-12)22-18-16-17(21-11-20-16)24-19(25-18)23-15-9-5-13(2)6-10-15/h3-11H,1-2H3,(H3,20,21,22,23,24,25). The summed E-state index contributed by atoms with van der Waals surface area (Å²) in [4.78, 5) is 16.5. The predicted octanol–water partition coefficient (Wildman–Crippen LogP) is 4.46. The first-order chi connectivity index (χ1) is 12.2. The third kappa shape index (κ3) is 3.28. The van der Waals surface area contributed by atoms with Crippen LogP contribution in [0.5, 0.6) is 0 Å². The maximum atomic E-state index is 4.59. The first-order valence-corrected chi connectivity index (χ1v) is 8.06. The van der Waals surface area contributed by atoms with Crippen LogP contribution in [0.15, 0.2) is 54.9 Å². The van der Waals surface area contributed by atoms with E-state index in [0.717, 1.165) is 11.4 Å². The quantitative estimate of drug-likeness (QED) is 0.515. The Balaban J connectivity index is 1.69. The Hall–Kier alpha value is -3.41. The molecule has 4 rings (SSSR count). The van der Waals surface area contributed by atoms with Gasteiger partial charge in [0.2, 0.25) is 5.95 Å². The average Bonchev–Trinajstić information content (AvgIpc) is 3.08. The molecule has 2 aromatic heterocycles. The van der Waals surface area contributed by atoms with Crippen LogP contribution in [0.4, 0.5) is 23.1 Å². The van der Waals surface area contributed by atoms with E-state index in [-0.39, 0.29) is 0 Å². The number of aryl methyl sites for hydroxylation is 2. The summed E-state index contributed by atoms with van der Waals surface area (Å²) >= 11 is 0. The third-order valence-electron chi connectivity index (χ3n) is 3.90. The summed E-state index contributed by atoms with van der Waals surface area (Å²) < 4.78 is 0. The van der Waals surface area contributed by atoms with Crippen LogP contribution < -0.4 is 10.6 Å². The van der Waals surface area contributed by atoms with Crippen LogP contribution in [0.25, 0.3) is 11.2 Å². The van der Waals surface area contributed by atoms with E-state index in [4.69, 9.17) is 0 Å². The number of H-pyrrole nitrogens is 1. The Morgan fingerprint density at radius 1 is 0.760 bits per heavy atom. The molecule has 0 saturated heterocycles.